The zero-order valence-electron chi connectivity index (χ0n) is 13.9. The van der Waals surface area contributed by atoms with E-state index in [4.69, 9.17) is 21.4 Å². The van der Waals surface area contributed by atoms with Crippen LogP contribution in [0.15, 0.2) is 48.5 Å². The molecule has 24 heavy (non-hydrogen) atoms. The minimum Gasteiger partial charge on any atom is -0.489 e. The summed E-state index contributed by atoms with van der Waals surface area (Å²) in [6.07, 6.45) is 0.790. The largest absolute Gasteiger partial charge is 0.489 e. The van der Waals surface area contributed by atoms with E-state index < -0.39 is 5.97 Å². The van der Waals surface area contributed by atoms with Gasteiger partial charge in [-0.05, 0) is 55.8 Å². The van der Waals surface area contributed by atoms with E-state index >= 15 is 0 Å². The molecule has 0 radical (unpaired) electrons. The van der Waals surface area contributed by atoms with E-state index in [1.807, 2.05) is 67.4 Å². The summed E-state index contributed by atoms with van der Waals surface area (Å²) < 4.78 is 5.76. The SMILES string of the molecule is CC(Cc1ccc(OCc2cccc(Cl)c2)cc1)N(C)CC(=O)O. The van der Waals surface area contributed by atoms with Crippen molar-refractivity contribution in [2.45, 2.75) is 26.0 Å². The maximum atomic E-state index is 10.8. The monoisotopic (exact) mass is 347 g/mol. The van der Waals surface area contributed by atoms with E-state index in [-0.39, 0.29) is 12.6 Å². The topological polar surface area (TPSA) is 49.8 Å². The van der Waals surface area contributed by atoms with Crippen LogP contribution in [0, 0.1) is 0 Å². The Morgan fingerprint density at radius 3 is 2.54 bits per heavy atom. The number of aliphatic carboxylic acids is 1. The first-order valence-electron chi connectivity index (χ1n) is 7.82. The van der Waals surface area contributed by atoms with Gasteiger partial charge in [-0.15, -0.1) is 0 Å². The molecule has 0 heterocycles. The van der Waals surface area contributed by atoms with Crippen molar-refractivity contribution in [3.8, 4) is 5.75 Å². The molecule has 0 aromatic heterocycles. The Hall–Kier alpha value is -2.04. The molecule has 0 saturated carbocycles. The number of ether oxygens (including phenoxy) is 1. The van der Waals surface area contributed by atoms with Gasteiger partial charge in [-0.2, -0.15) is 0 Å². The summed E-state index contributed by atoms with van der Waals surface area (Å²) in [6.45, 7) is 2.53. The van der Waals surface area contributed by atoms with Crippen LogP contribution in [0.2, 0.25) is 5.02 Å². The molecule has 0 saturated heterocycles. The fourth-order valence-corrected chi connectivity index (χ4v) is 2.59. The first kappa shape index (κ1) is 18.3. The van der Waals surface area contributed by atoms with Gasteiger partial charge in [0.1, 0.15) is 12.4 Å². The highest BCUT2D eigenvalue weighted by Crippen LogP contribution is 2.17. The molecule has 0 spiro atoms. The molecule has 0 bridgehead atoms. The Labute approximate surface area is 147 Å². The van der Waals surface area contributed by atoms with Crippen LogP contribution < -0.4 is 4.74 Å². The molecule has 1 unspecified atom stereocenters. The third-order valence-corrected chi connectivity index (χ3v) is 4.12. The molecule has 2 rings (SSSR count). The maximum absolute atomic E-state index is 10.8. The number of rotatable bonds is 8. The summed E-state index contributed by atoms with van der Waals surface area (Å²) in [5.41, 5.74) is 2.17. The summed E-state index contributed by atoms with van der Waals surface area (Å²) in [5.74, 6) is -0.0145. The van der Waals surface area contributed by atoms with Gasteiger partial charge in [-0.1, -0.05) is 35.9 Å². The number of benzene rings is 2. The van der Waals surface area contributed by atoms with Gasteiger partial charge in [0.25, 0.3) is 0 Å². The molecule has 0 aliphatic heterocycles. The van der Waals surface area contributed by atoms with Crippen LogP contribution in [0.25, 0.3) is 0 Å². The first-order valence-corrected chi connectivity index (χ1v) is 8.20. The average molecular weight is 348 g/mol. The van der Waals surface area contributed by atoms with Crippen molar-refractivity contribution in [2.24, 2.45) is 0 Å². The second kappa shape index (κ2) is 8.71. The summed E-state index contributed by atoms with van der Waals surface area (Å²) in [7, 11) is 1.82. The fourth-order valence-electron chi connectivity index (χ4n) is 2.38. The summed E-state index contributed by atoms with van der Waals surface area (Å²) in [5, 5.41) is 9.54. The van der Waals surface area contributed by atoms with Crippen molar-refractivity contribution in [3.63, 3.8) is 0 Å². The second-order valence-corrected chi connectivity index (χ2v) is 6.36. The molecule has 2 aromatic carbocycles. The molecule has 0 aliphatic carbocycles. The van der Waals surface area contributed by atoms with Crippen LogP contribution in [0.1, 0.15) is 18.1 Å². The molecule has 5 heteroatoms. The van der Waals surface area contributed by atoms with Crippen molar-refractivity contribution in [1.29, 1.82) is 0 Å². The lowest BCUT2D eigenvalue weighted by Crippen LogP contribution is -2.35. The minimum atomic E-state index is -0.811. The van der Waals surface area contributed by atoms with E-state index in [1.165, 1.54) is 0 Å². The zero-order chi connectivity index (χ0) is 17.5. The van der Waals surface area contributed by atoms with Crippen LogP contribution >= 0.6 is 11.6 Å². The maximum Gasteiger partial charge on any atom is 0.317 e. The van der Waals surface area contributed by atoms with Gasteiger partial charge in [0, 0.05) is 11.1 Å². The Balaban J connectivity index is 1.87. The van der Waals surface area contributed by atoms with Crippen LogP contribution in [-0.4, -0.2) is 35.6 Å². The van der Waals surface area contributed by atoms with Crippen molar-refractivity contribution in [2.75, 3.05) is 13.6 Å². The lowest BCUT2D eigenvalue weighted by atomic mass is 10.1. The average Bonchev–Trinajstić information content (AvgIpc) is 2.53. The van der Waals surface area contributed by atoms with E-state index in [2.05, 4.69) is 0 Å². The quantitative estimate of drug-likeness (QED) is 0.787. The predicted molar refractivity (Wildman–Crippen MR) is 95.7 cm³/mol. The number of hydrogen-bond donors (Lipinski definition) is 1. The van der Waals surface area contributed by atoms with Gasteiger partial charge in [0.15, 0.2) is 0 Å². The molecule has 2 aromatic rings. The lowest BCUT2D eigenvalue weighted by molar-refractivity contribution is -0.138. The molecule has 128 valence electrons. The Morgan fingerprint density at radius 2 is 1.92 bits per heavy atom. The van der Waals surface area contributed by atoms with E-state index in [0.717, 1.165) is 23.3 Å². The van der Waals surface area contributed by atoms with Gasteiger partial charge in [-0.3, -0.25) is 9.69 Å². The number of nitrogens with zero attached hydrogens (tertiary/aromatic N) is 1. The predicted octanol–water partition coefficient (Wildman–Crippen LogP) is 3.87. The highest BCUT2D eigenvalue weighted by atomic mass is 35.5. The van der Waals surface area contributed by atoms with Gasteiger partial charge >= 0.3 is 5.97 Å². The highest BCUT2D eigenvalue weighted by Gasteiger charge is 2.12. The van der Waals surface area contributed by atoms with Gasteiger partial charge in [-0.25, -0.2) is 0 Å². The van der Waals surface area contributed by atoms with Gasteiger partial charge < -0.3 is 9.84 Å². The molecule has 0 aliphatic rings. The normalized spacial score (nSPS) is 12.2. The Morgan fingerprint density at radius 1 is 1.21 bits per heavy atom. The second-order valence-electron chi connectivity index (χ2n) is 5.92. The zero-order valence-corrected chi connectivity index (χ0v) is 14.7. The number of carboxylic acids is 1. The molecule has 0 amide bonds. The molecule has 1 atom stereocenters. The van der Waals surface area contributed by atoms with Crippen molar-refractivity contribution >= 4 is 17.6 Å². The van der Waals surface area contributed by atoms with Crippen molar-refractivity contribution in [1.82, 2.24) is 4.90 Å². The van der Waals surface area contributed by atoms with E-state index in [9.17, 15) is 4.79 Å². The first-order chi connectivity index (χ1) is 11.4. The summed E-state index contributed by atoms with van der Waals surface area (Å²) in [6, 6.07) is 15.6. The molecular weight excluding hydrogens is 326 g/mol. The van der Waals surface area contributed by atoms with Crippen molar-refractivity contribution < 1.29 is 14.6 Å². The molecular formula is C19H22ClNO3. The Bertz CT molecular complexity index is 673. The van der Waals surface area contributed by atoms with Crippen LogP contribution in [-0.2, 0) is 17.8 Å². The fraction of sp³-hybridized carbons (Fsp3) is 0.316. The standard InChI is InChI=1S/C19H22ClNO3/c1-14(21(2)12-19(22)23)10-15-6-8-18(9-7-15)24-13-16-4-3-5-17(20)11-16/h3-9,11,14H,10,12-13H2,1-2H3,(H,22,23). The van der Waals surface area contributed by atoms with Crippen molar-refractivity contribution in [3.05, 3.63) is 64.7 Å². The van der Waals surface area contributed by atoms with Crippen LogP contribution in [0.5, 0.6) is 5.75 Å². The highest BCUT2D eigenvalue weighted by molar-refractivity contribution is 6.30. The number of halogens is 1. The number of hydrogen-bond acceptors (Lipinski definition) is 3. The van der Waals surface area contributed by atoms with Crippen LogP contribution in [0.4, 0.5) is 0 Å². The van der Waals surface area contributed by atoms with E-state index in [1.54, 1.807) is 0 Å². The molecule has 1 N–H and O–H groups in total. The number of carbonyl (C=O) groups is 1. The number of likely N-dealkylation sites (N-methyl/N-ethyl adjacent to an activating group) is 1. The third kappa shape index (κ3) is 5.87. The Kier molecular flexibility index (Phi) is 6.64. The number of carboxylic acid groups (broad SMARTS) is 1. The minimum absolute atomic E-state index is 0.0436. The smallest absolute Gasteiger partial charge is 0.317 e. The van der Waals surface area contributed by atoms with E-state index in [0.29, 0.717) is 11.6 Å². The summed E-state index contributed by atoms with van der Waals surface area (Å²) >= 11 is 5.96. The van der Waals surface area contributed by atoms with Crippen LogP contribution in [0.3, 0.4) is 0 Å². The third-order valence-electron chi connectivity index (χ3n) is 3.89. The summed E-state index contributed by atoms with van der Waals surface area (Å²) in [4.78, 5) is 12.6. The van der Waals surface area contributed by atoms with Gasteiger partial charge in [0.2, 0.25) is 0 Å². The molecule has 4 nitrogen and oxygen atoms in total. The lowest BCUT2D eigenvalue weighted by Gasteiger charge is -2.22. The van der Waals surface area contributed by atoms with Gasteiger partial charge in [0.05, 0.1) is 6.54 Å². The molecule has 0 fully saturated rings.